The molecule has 0 spiro atoms. The van der Waals surface area contributed by atoms with Crippen molar-refractivity contribution in [2.45, 2.75) is 18.5 Å². The minimum atomic E-state index is -0.681. The number of fused-ring (bicyclic) bond motifs is 3. The highest BCUT2D eigenvalue weighted by molar-refractivity contribution is 6.30. The van der Waals surface area contributed by atoms with E-state index in [-0.39, 0.29) is 5.97 Å². The number of nitrogens with one attached hydrogen (secondary N) is 1. The topological polar surface area (TPSA) is 109 Å². The van der Waals surface area contributed by atoms with Gasteiger partial charge in [-0.3, -0.25) is 0 Å². The van der Waals surface area contributed by atoms with Crippen molar-refractivity contribution < 1.29 is 19.0 Å². The van der Waals surface area contributed by atoms with Gasteiger partial charge in [0, 0.05) is 54.2 Å². The van der Waals surface area contributed by atoms with Crippen LogP contribution in [-0.2, 0) is 25.4 Å². The number of anilines is 3. The third-order valence-electron chi connectivity index (χ3n) is 8.21. The van der Waals surface area contributed by atoms with Gasteiger partial charge in [0.1, 0.15) is 6.04 Å². The number of rotatable bonds is 5. The zero-order chi connectivity index (χ0) is 28.6. The summed E-state index contributed by atoms with van der Waals surface area (Å²) in [4.78, 5) is 38.4. The molecule has 2 atom stereocenters. The van der Waals surface area contributed by atoms with Gasteiger partial charge >= 0.3 is 5.97 Å². The van der Waals surface area contributed by atoms with Crippen LogP contribution < -0.4 is 14.7 Å². The first kappa shape index (κ1) is 26.9. The molecule has 0 bridgehead atoms. The fraction of sp³-hybridized carbons (Fsp3) is 0.400. The largest absolute Gasteiger partial charge is 0.467 e. The molecule has 3 aliphatic heterocycles. The van der Waals surface area contributed by atoms with E-state index in [1.165, 1.54) is 7.11 Å². The van der Waals surface area contributed by atoms with Crippen molar-refractivity contribution in [3.8, 4) is 0 Å². The molecule has 2 fully saturated rings. The third kappa shape index (κ3) is 4.91. The van der Waals surface area contributed by atoms with E-state index in [2.05, 4.69) is 26.9 Å². The highest BCUT2D eigenvalue weighted by atomic mass is 35.5. The summed E-state index contributed by atoms with van der Waals surface area (Å²) in [6, 6.07) is 14.8. The lowest BCUT2D eigenvalue weighted by atomic mass is 9.88. The first-order valence-corrected chi connectivity index (χ1v) is 14.6. The number of hydrogen-bond donors (Lipinski definition) is 1. The normalized spacial score (nSPS) is 21.0. The van der Waals surface area contributed by atoms with Crippen LogP contribution in [0.3, 0.4) is 0 Å². The van der Waals surface area contributed by atoms with E-state index in [0.29, 0.717) is 81.9 Å². The van der Waals surface area contributed by atoms with E-state index in [1.54, 1.807) is 0 Å². The highest BCUT2D eigenvalue weighted by Crippen LogP contribution is 2.43. The molecule has 2 aromatic heterocycles. The zero-order valence-electron chi connectivity index (χ0n) is 23.3. The van der Waals surface area contributed by atoms with Gasteiger partial charge in [-0.1, -0.05) is 41.9 Å². The minimum absolute atomic E-state index is 0.355. The number of halogens is 1. The maximum atomic E-state index is 13.6. The number of carbonyl (C=O) groups is 1. The summed E-state index contributed by atoms with van der Waals surface area (Å²) in [5.74, 6) is 1.18. The molecule has 42 heavy (non-hydrogen) atoms. The molecule has 218 valence electrons. The summed E-state index contributed by atoms with van der Waals surface area (Å²) in [6.45, 7) is 5.03. The lowest BCUT2D eigenvalue weighted by Gasteiger charge is -2.41. The molecule has 2 saturated heterocycles. The van der Waals surface area contributed by atoms with Crippen molar-refractivity contribution in [2.75, 3.05) is 74.4 Å². The van der Waals surface area contributed by atoms with Crippen molar-refractivity contribution in [3.63, 3.8) is 0 Å². The van der Waals surface area contributed by atoms with Gasteiger partial charge in [0.15, 0.2) is 0 Å². The number of carbonyl (C=O) groups excluding carboxylic acids is 1. The number of ether oxygens (including phenoxy) is 3. The van der Waals surface area contributed by atoms with E-state index in [0.717, 1.165) is 27.7 Å². The number of nitrogens with zero attached hydrogens (tertiary/aromatic N) is 6. The summed E-state index contributed by atoms with van der Waals surface area (Å²) >= 11 is 6.32. The van der Waals surface area contributed by atoms with Gasteiger partial charge in [0.25, 0.3) is 0 Å². The first-order valence-electron chi connectivity index (χ1n) is 14.2. The number of morpholine rings is 2. The molecule has 0 aliphatic carbocycles. The molecule has 7 rings (SSSR count). The maximum Gasteiger partial charge on any atom is 0.328 e. The predicted octanol–water partition coefficient (Wildman–Crippen LogP) is 3.37. The van der Waals surface area contributed by atoms with Crippen LogP contribution in [0.25, 0.3) is 10.9 Å². The first-order chi connectivity index (χ1) is 20.6. The second-order valence-electron chi connectivity index (χ2n) is 10.6. The van der Waals surface area contributed by atoms with E-state index in [1.807, 2.05) is 41.3 Å². The summed E-state index contributed by atoms with van der Waals surface area (Å²) in [7, 11) is 1.42. The fourth-order valence-electron chi connectivity index (χ4n) is 6.11. The molecule has 1 N–H and O–H groups in total. The van der Waals surface area contributed by atoms with Crippen LogP contribution in [-0.4, -0.2) is 91.7 Å². The quantitative estimate of drug-likeness (QED) is 0.348. The van der Waals surface area contributed by atoms with E-state index in [4.69, 9.17) is 40.8 Å². The standard InChI is InChI=1S/C30H32ClN7O4/c1-40-27(39)24-18-22-21-4-2-3-5-23(21)32-25(22)26(19-6-8-20(31)9-7-19)38(24)30-34-28(36-10-14-41-15-11-36)33-29(35-30)37-12-16-42-17-13-37/h2-9,24,26,32H,10-18H2,1H3/t24-,26+/m0/s1. The number of aromatic nitrogens is 4. The van der Waals surface area contributed by atoms with Crippen LogP contribution >= 0.6 is 11.6 Å². The van der Waals surface area contributed by atoms with Gasteiger partial charge in [-0.05, 0) is 29.3 Å². The van der Waals surface area contributed by atoms with Gasteiger partial charge in [0.05, 0.1) is 39.6 Å². The van der Waals surface area contributed by atoms with Crippen molar-refractivity contribution in [1.82, 2.24) is 19.9 Å². The Morgan fingerprint density at radius 2 is 1.48 bits per heavy atom. The molecule has 12 heteroatoms. The average molecular weight is 590 g/mol. The third-order valence-corrected chi connectivity index (χ3v) is 8.46. The molecule has 3 aliphatic rings. The summed E-state index contributed by atoms with van der Waals surface area (Å²) in [6.07, 6.45) is 0.432. The minimum Gasteiger partial charge on any atom is -0.467 e. The van der Waals surface area contributed by atoms with E-state index in [9.17, 15) is 4.79 Å². The van der Waals surface area contributed by atoms with Crippen molar-refractivity contribution in [2.24, 2.45) is 0 Å². The fourth-order valence-corrected chi connectivity index (χ4v) is 6.24. The number of hydrogen-bond acceptors (Lipinski definition) is 10. The molecule has 0 amide bonds. The zero-order valence-corrected chi connectivity index (χ0v) is 24.1. The van der Waals surface area contributed by atoms with Gasteiger partial charge < -0.3 is 33.9 Å². The van der Waals surface area contributed by atoms with Crippen LogP contribution in [0.1, 0.15) is 22.9 Å². The van der Waals surface area contributed by atoms with Crippen molar-refractivity contribution in [3.05, 3.63) is 70.4 Å². The number of methoxy groups -OCH3 is 1. The summed E-state index contributed by atoms with van der Waals surface area (Å²) < 4.78 is 16.6. The van der Waals surface area contributed by atoms with Crippen molar-refractivity contribution in [1.29, 1.82) is 0 Å². The molecule has 0 unspecified atom stereocenters. The van der Waals surface area contributed by atoms with Crippen molar-refractivity contribution >= 4 is 46.3 Å². The summed E-state index contributed by atoms with van der Waals surface area (Å²) in [5, 5.41) is 1.71. The smallest absolute Gasteiger partial charge is 0.328 e. The Morgan fingerprint density at radius 3 is 2.10 bits per heavy atom. The lowest BCUT2D eigenvalue weighted by Crippen LogP contribution is -2.50. The number of para-hydroxylation sites is 1. The van der Waals surface area contributed by atoms with Gasteiger partial charge in [-0.15, -0.1) is 0 Å². The van der Waals surface area contributed by atoms with Gasteiger partial charge in [-0.25, -0.2) is 4.79 Å². The second kappa shape index (κ2) is 11.4. The molecule has 2 aromatic carbocycles. The van der Waals surface area contributed by atoms with Crippen LogP contribution in [0.15, 0.2) is 48.5 Å². The number of benzene rings is 2. The number of H-pyrrole nitrogens is 1. The molecular formula is C30H32ClN7O4. The molecule has 11 nitrogen and oxygen atoms in total. The van der Waals surface area contributed by atoms with E-state index < -0.39 is 12.1 Å². The van der Waals surface area contributed by atoms with Crippen LogP contribution in [0, 0.1) is 0 Å². The summed E-state index contributed by atoms with van der Waals surface area (Å²) in [5.41, 5.74) is 4.01. The Labute approximate surface area is 248 Å². The van der Waals surface area contributed by atoms with Gasteiger partial charge in [-0.2, -0.15) is 15.0 Å². The Balaban J connectivity index is 1.44. The Kier molecular flexibility index (Phi) is 7.31. The molecule has 0 radical (unpaired) electrons. The Bertz CT molecular complexity index is 1550. The predicted molar refractivity (Wildman–Crippen MR) is 159 cm³/mol. The Hall–Kier alpha value is -3.93. The molecule has 4 aromatic rings. The lowest BCUT2D eigenvalue weighted by molar-refractivity contribution is -0.142. The van der Waals surface area contributed by atoms with Gasteiger partial charge in [0.2, 0.25) is 17.8 Å². The van der Waals surface area contributed by atoms with E-state index >= 15 is 0 Å². The molecule has 5 heterocycles. The number of aromatic amines is 1. The van der Waals surface area contributed by atoms with Crippen LogP contribution in [0.5, 0.6) is 0 Å². The van der Waals surface area contributed by atoms with Crippen LogP contribution in [0.4, 0.5) is 17.8 Å². The van der Waals surface area contributed by atoms with Crippen LogP contribution in [0.2, 0.25) is 5.02 Å². The average Bonchev–Trinajstić information content (AvgIpc) is 3.43. The second-order valence-corrected chi connectivity index (χ2v) is 11.0. The maximum absolute atomic E-state index is 13.6. The molecular weight excluding hydrogens is 558 g/mol. The monoisotopic (exact) mass is 589 g/mol. The SMILES string of the molecule is COC(=O)[C@@H]1Cc2c([nH]c3ccccc23)[C@@H](c2ccc(Cl)cc2)N1c1nc(N2CCOCC2)nc(N2CCOCC2)n1. The Morgan fingerprint density at radius 1 is 0.881 bits per heavy atom. The molecule has 0 saturated carbocycles. The number of esters is 1. The highest BCUT2D eigenvalue weighted by Gasteiger charge is 2.43.